The van der Waals surface area contributed by atoms with Crippen LogP contribution in [0, 0.1) is 0 Å². The molecule has 13 heavy (non-hydrogen) atoms. The molecule has 1 heterocycles. The summed E-state index contributed by atoms with van der Waals surface area (Å²) in [5.74, 6) is 0. The van der Waals surface area contributed by atoms with Crippen molar-refractivity contribution in [2.24, 2.45) is 0 Å². The van der Waals surface area contributed by atoms with Gasteiger partial charge in [0.05, 0.1) is 8.49 Å². The maximum absolute atomic E-state index is 5.88. The summed E-state index contributed by atoms with van der Waals surface area (Å²) in [4.78, 5) is 0. The second kappa shape index (κ2) is 3.31. The lowest BCUT2D eigenvalue weighted by molar-refractivity contribution is 1.16. The van der Waals surface area contributed by atoms with Crippen molar-refractivity contribution in [2.45, 2.75) is 13.3 Å². The van der Waals surface area contributed by atoms with E-state index in [1.807, 2.05) is 12.1 Å². The first-order chi connectivity index (χ1) is 6.24. The Labute approximate surface area is 89.7 Å². The van der Waals surface area contributed by atoms with Crippen LogP contribution in [0.4, 0.5) is 5.69 Å². The number of aryl methyl sites for hydroxylation is 1. The van der Waals surface area contributed by atoms with Crippen LogP contribution in [-0.4, -0.2) is 0 Å². The summed E-state index contributed by atoms with van der Waals surface area (Å²) in [6.45, 7) is 2.16. The molecule has 0 aliphatic carbocycles. The van der Waals surface area contributed by atoms with Gasteiger partial charge in [-0.05, 0) is 39.4 Å². The Morgan fingerprint density at radius 2 is 2.23 bits per heavy atom. The smallest absolute Gasteiger partial charge is 0.0743 e. The molecular weight excluding hydrogens is 246 g/mol. The molecule has 0 unspecified atom stereocenters. The van der Waals surface area contributed by atoms with E-state index in [2.05, 4.69) is 28.9 Å². The molecule has 0 amide bonds. The van der Waals surface area contributed by atoms with Crippen LogP contribution in [0.1, 0.15) is 12.5 Å². The van der Waals surface area contributed by atoms with Crippen molar-refractivity contribution in [3.63, 3.8) is 0 Å². The summed E-state index contributed by atoms with van der Waals surface area (Å²) < 4.78 is 2.41. The molecule has 0 atom stereocenters. The highest BCUT2D eigenvalue weighted by Gasteiger charge is 2.09. The van der Waals surface area contributed by atoms with Crippen LogP contribution in [0.2, 0.25) is 0 Å². The molecule has 0 aliphatic heterocycles. The number of thiophene rings is 1. The van der Waals surface area contributed by atoms with Crippen LogP contribution in [0.3, 0.4) is 0 Å². The Bertz CT molecular complexity index is 447. The number of fused-ring (bicyclic) bond motifs is 1. The summed E-state index contributed by atoms with van der Waals surface area (Å²) in [5, 5.41) is 1.29. The number of hydrogen-bond acceptors (Lipinski definition) is 2. The van der Waals surface area contributed by atoms with E-state index < -0.39 is 0 Å². The van der Waals surface area contributed by atoms with Gasteiger partial charge < -0.3 is 5.73 Å². The zero-order valence-corrected chi connectivity index (χ0v) is 9.71. The molecule has 2 aromatic rings. The number of nitrogen functional groups attached to an aromatic ring is 1. The molecule has 0 spiro atoms. The molecule has 3 heteroatoms. The number of rotatable bonds is 1. The fourth-order valence-corrected chi connectivity index (χ4v) is 3.52. The van der Waals surface area contributed by atoms with E-state index in [1.165, 1.54) is 19.4 Å². The van der Waals surface area contributed by atoms with Crippen LogP contribution >= 0.6 is 27.3 Å². The minimum absolute atomic E-state index is 0.878. The van der Waals surface area contributed by atoms with E-state index >= 15 is 0 Å². The predicted molar refractivity (Wildman–Crippen MR) is 63.3 cm³/mol. The molecule has 0 saturated heterocycles. The van der Waals surface area contributed by atoms with Gasteiger partial charge in [0.25, 0.3) is 0 Å². The minimum atomic E-state index is 0.878. The number of hydrogen-bond donors (Lipinski definition) is 1. The summed E-state index contributed by atoms with van der Waals surface area (Å²) >= 11 is 5.29. The molecule has 0 fully saturated rings. The van der Waals surface area contributed by atoms with Crippen molar-refractivity contribution >= 4 is 43.0 Å². The Kier molecular flexibility index (Phi) is 2.30. The molecule has 0 saturated carbocycles. The molecule has 0 radical (unpaired) electrons. The third-order valence-corrected chi connectivity index (χ3v) is 4.20. The van der Waals surface area contributed by atoms with Crippen LogP contribution in [-0.2, 0) is 6.42 Å². The molecule has 1 aromatic carbocycles. The van der Waals surface area contributed by atoms with E-state index in [0.29, 0.717) is 0 Å². The lowest BCUT2D eigenvalue weighted by Gasteiger charge is -1.96. The Morgan fingerprint density at radius 1 is 1.46 bits per heavy atom. The highest BCUT2D eigenvalue weighted by atomic mass is 79.9. The second-order valence-electron chi connectivity index (χ2n) is 2.93. The highest BCUT2D eigenvalue weighted by molar-refractivity contribution is 9.11. The van der Waals surface area contributed by atoms with Crippen LogP contribution < -0.4 is 5.73 Å². The SMILES string of the molecule is CCc1c(Br)sc2c(N)cccc12. The van der Waals surface area contributed by atoms with Crippen LogP contribution in [0.25, 0.3) is 10.1 Å². The first kappa shape index (κ1) is 9.03. The average Bonchev–Trinajstić information content (AvgIpc) is 2.43. The summed E-state index contributed by atoms with van der Waals surface area (Å²) in [6, 6.07) is 6.09. The van der Waals surface area contributed by atoms with E-state index in [1.54, 1.807) is 11.3 Å². The molecule has 0 bridgehead atoms. The molecule has 68 valence electrons. The fourth-order valence-electron chi connectivity index (χ4n) is 1.49. The number of benzene rings is 1. The lowest BCUT2D eigenvalue weighted by atomic mass is 10.1. The Hall–Kier alpha value is -0.540. The van der Waals surface area contributed by atoms with Gasteiger partial charge in [0.15, 0.2) is 0 Å². The monoisotopic (exact) mass is 255 g/mol. The van der Waals surface area contributed by atoms with E-state index in [9.17, 15) is 0 Å². The van der Waals surface area contributed by atoms with Gasteiger partial charge in [0.2, 0.25) is 0 Å². The van der Waals surface area contributed by atoms with Gasteiger partial charge in [0.1, 0.15) is 0 Å². The van der Waals surface area contributed by atoms with Gasteiger partial charge in [-0.2, -0.15) is 0 Å². The molecular formula is C10H10BrNS. The molecule has 2 rings (SSSR count). The average molecular weight is 256 g/mol. The Morgan fingerprint density at radius 3 is 2.92 bits per heavy atom. The number of anilines is 1. The molecule has 2 N–H and O–H groups in total. The standard InChI is InChI=1S/C10H10BrNS/c1-2-6-7-4-3-5-8(12)9(7)13-10(6)11/h3-5H,2,12H2,1H3. The van der Waals surface area contributed by atoms with Gasteiger partial charge in [0, 0.05) is 5.69 Å². The summed E-state index contributed by atoms with van der Waals surface area (Å²) in [5.41, 5.74) is 8.13. The van der Waals surface area contributed by atoms with Crippen LogP contribution in [0.5, 0.6) is 0 Å². The zero-order chi connectivity index (χ0) is 9.42. The van der Waals surface area contributed by atoms with Gasteiger partial charge in [-0.25, -0.2) is 0 Å². The van der Waals surface area contributed by atoms with Crippen molar-refractivity contribution in [3.05, 3.63) is 27.5 Å². The maximum Gasteiger partial charge on any atom is 0.0743 e. The third kappa shape index (κ3) is 1.36. The lowest BCUT2D eigenvalue weighted by Crippen LogP contribution is -1.83. The Balaban J connectivity index is 2.86. The molecule has 1 nitrogen and oxygen atoms in total. The van der Waals surface area contributed by atoms with Gasteiger partial charge in [-0.3, -0.25) is 0 Å². The normalized spacial score (nSPS) is 10.9. The third-order valence-electron chi connectivity index (χ3n) is 2.15. The van der Waals surface area contributed by atoms with Crippen molar-refractivity contribution < 1.29 is 0 Å². The summed E-state index contributed by atoms with van der Waals surface area (Å²) in [6.07, 6.45) is 1.05. The number of nitrogens with two attached hydrogens (primary N) is 1. The van der Waals surface area contributed by atoms with Crippen molar-refractivity contribution in [1.82, 2.24) is 0 Å². The van der Waals surface area contributed by atoms with Crippen LogP contribution in [0.15, 0.2) is 22.0 Å². The van der Waals surface area contributed by atoms with Gasteiger partial charge in [-0.15, -0.1) is 11.3 Å². The molecule has 0 aliphatic rings. The van der Waals surface area contributed by atoms with Gasteiger partial charge >= 0.3 is 0 Å². The van der Waals surface area contributed by atoms with Gasteiger partial charge in [-0.1, -0.05) is 19.1 Å². The second-order valence-corrected chi connectivity index (χ2v) is 5.27. The predicted octanol–water partition coefficient (Wildman–Crippen LogP) is 3.81. The highest BCUT2D eigenvalue weighted by Crippen LogP contribution is 2.38. The topological polar surface area (TPSA) is 26.0 Å². The van der Waals surface area contributed by atoms with E-state index in [4.69, 9.17) is 5.73 Å². The molecule has 1 aromatic heterocycles. The maximum atomic E-state index is 5.88. The van der Waals surface area contributed by atoms with Crippen molar-refractivity contribution in [1.29, 1.82) is 0 Å². The first-order valence-electron chi connectivity index (χ1n) is 4.19. The van der Waals surface area contributed by atoms with E-state index in [-0.39, 0.29) is 0 Å². The number of halogens is 1. The largest absolute Gasteiger partial charge is 0.398 e. The van der Waals surface area contributed by atoms with Crippen molar-refractivity contribution in [2.75, 3.05) is 5.73 Å². The first-order valence-corrected chi connectivity index (χ1v) is 5.80. The fraction of sp³-hybridized carbons (Fsp3) is 0.200. The quantitative estimate of drug-likeness (QED) is 0.771. The minimum Gasteiger partial charge on any atom is -0.398 e. The van der Waals surface area contributed by atoms with E-state index in [0.717, 1.165) is 12.1 Å². The zero-order valence-electron chi connectivity index (χ0n) is 7.30. The summed E-state index contributed by atoms with van der Waals surface area (Å²) in [7, 11) is 0. The van der Waals surface area contributed by atoms with Crippen molar-refractivity contribution in [3.8, 4) is 0 Å².